The van der Waals surface area contributed by atoms with E-state index in [4.69, 9.17) is 27.9 Å². The predicted octanol–water partition coefficient (Wildman–Crippen LogP) is 6.05. The molecule has 0 aliphatic heterocycles. The molecule has 0 unspecified atom stereocenters. The van der Waals surface area contributed by atoms with Crippen LogP contribution in [0.1, 0.15) is 31.8 Å². The van der Waals surface area contributed by atoms with Gasteiger partial charge in [-0.05, 0) is 55.0 Å². The summed E-state index contributed by atoms with van der Waals surface area (Å²) in [6.07, 6.45) is 1.38. The highest BCUT2D eigenvalue weighted by Crippen LogP contribution is 2.24. The lowest BCUT2D eigenvalue weighted by Gasteiger charge is -2.09. The molecule has 0 spiro atoms. The third-order valence-electron chi connectivity index (χ3n) is 4.08. The van der Waals surface area contributed by atoms with E-state index in [2.05, 4.69) is 26.5 Å². The van der Waals surface area contributed by atoms with Gasteiger partial charge in [0.05, 0.1) is 22.4 Å². The largest absolute Gasteiger partial charge is 0.422 e. The molecule has 152 valence electrons. The molecular weight excluding hydrogens is 491 g/mol. The van der Waals surface area contributed by atoms with E-state index in [1.54, 1.807) is 36.4 Å². The predicted molar refractivity (Wildman–Crippen MR) is 122 cm³/mol. The molecule has 0 aliphatic carbocycles. The van der Waals surface area contributed by atoms with Crippen molar-refractivity contribution in [3.8, 4) is 5.75 Å². The Kier molecular flexibility index (Phi) is 7.26. The van der Waals surface area contributed by atoms with Crippen molar-refractivity contribution in [2.45, 2.75) is 6.92 Å². The lowest BCUT2D eigenvalue weighted by molar-refractivity contribution is 0.0733. The number of esters is 1. The zero-order chi connectivity index (χ0) is 21.7. The van der Waals surface area contributed by atoms with Crippen LogP contribution in [0, 0.1) is 6.92 Å². The molecule has 0 saturated heterocycles. The van der Waals surface area contributed by atoms with Crippen molar-refractivity contribution in [1.82, 2.24) is 5.43 Å². The Hall–Kier alpha value is -2.67. The molecular formula is C22H15BrCl2N2O3. The van der Waals surface area contributed by atoms with Gasteiger partial charge >= 0.3 is 5.97 Å². The number of nitrogens with zero attached hydrogens (tertiary/aromatic N) is 1. The average molecular weight is 506 g/mol. The Bertz CT molecular complexity index is 1150. The first kappa shape index (κ1) is 22.0. The van der Waals surface area contributed by atoms with Crippen LogP contribution in [-0.2, 0) is 0 Å². The van der Waals surface area contributed by atoms with Crippen molar-refractivity contribution < 1.29 is 14.3 Å². The van der Waals surface area contributed by atoms with Gasteiger partial charge in [-0.3, -0.25) is 4.79 Å². The maximum absolute atomic E-state index is 12.5. The summed E-state index contributed by atoms with van der Waals surface area (Å²) in [6, 6.07) is 16.8. The Labute approximate surface area is 191 Å². The van der Waals surface area contributed by atoms with Crippen LogP contribution in [0.25, 0.3) is 0 Å². The van der Waals surface area contributed by atoms with Crippen molar-refractivity contribution >= 4 is 57.2 Å². The minimum atomic E-state index is -0.499. The van der Waals surface area contributed by atoms with E-state index in [1.807, 2.05) is 19.1 Å². The number of nitrogens with one attached hydrogen (secondary N) is 1. The number of hydrogen-bond donors (Lipinski definition) is 1. The Morgan fingerprint density at radius 2 is 1.80 bits per heavy atom. The fourth-order valence-electron chi connectivity index (χ4n) is 2.56. The maximum atomic E-state index is 12.5. The third kappa shape index (κ3) is 5.48. The Morgan fingerprint density at radius 1 is 1.03 bits per heavy atom. The summed E-state index contributed by atoms with van der Waals surface area (Å²) in [6.45, 7) is 1.83. The van der Waals surface area contributed by atoms with Crippen molar-refractivity contribution in [3.05, 3.63) is 97.4 Å². The van der Waals surface area contributed by atoms with Crippen LogP contribution in [0.15, 0.2) is 70.2 Å². The molecule has 1 amide bonds. The minimum Gasteiger partial charge on any atom is -0.422 e. The number of benzene rings is 3. The number of ether oxygens (including phenoxy) is 1. The first-order chi connectivity index (χ1) is 14.3. The summed E-state index contributed by atoms with van der Waals surface area (Å²) in [5, 5.41) is 4.59. The van der Waals surface area contributed by atoms with Gasteiger partial charge in [0.2, 0.25) is 0 Å². The van der Waals surface area contributed by atoms with Crippen LogP contribution in [0.3, 0.4) is 0 Å². The molecule has 0 bridgehead atoms. The van der Waals surface area contributed by atoms with E-state index in [0.717, 1.165) is 10.0 Å². The van der Waals surface area contributed by atoms with Gasteiger partial charge < -0.3 is 4.74 Å². The fourth-order valence-corrected chi connectivity index (χ4v) is 3.44. The molecule has 3 rings (SSSR count). The number of carbonyl (C=O) groups is 2. The van der Waals surface area contributed by atoms with E-state index in [1.165, 1.54) is 18.3 Å². The standard InChI is InChI=1S/C22H15BrCl2N2O3/c1-13-4-2-3-5-17(13)22(29)30-20-9-6-15(23)10-14(20)12-26-27-21(28)18-8-7-16(24)11-19(18)25/h2-12H,1H3,(H,27,28)/b26-12-. The van der Waals surface area contributed by atoms with Gasteiger partial charge in [0, 0.05) is 15.1 Å². The molecule has 1 N–H and O–H groups in total. The van der Waals surface area contributed by atoms with Crippen molar-refractivity contribution in [2.24, 2.45) is 5.10 Å². The van der Waals surface area contributed by atoms with E-state index in [0.29, 0.717) is 21.9 Å². The lowest BCUT2D eigenvalue weighted by Crippen LogP contribution is -2.18. The molecule has 0 radical (unpaired) electrons. The first-order valence-electron chi connectivity index (χ1n) is 8.71. The average Bonchev–Trinajstić information content (AvgIpc) is 2.70. The molecule has 3 aromatic rings. The fraction of sp³-hybridized carbons (Fsp3) is 0.0455. The summed E-state index contributed by atoms with van der Waals surface area (Å²) in [5.41, 5.74) is 4.40. The zero-order valence-corrected chi connectivity index (χ0v) is 18.8. The molecule has 0 atom stereocenters. The van der Waals surface area contributed by atoms with E-state index in [9.17, 15) is 9.59 Å². The number of amides is 1. The highest BCUT2D eigenvalue weighted by molar-refractivity contribution is 9.10. The van der Waals surface area contributed by atoms with Crippen LogP contribution in [-0.4, -0.2) is 18.1 Å². The topological polar surface area (TPSA) is 67.8 Å². The number of rotatable bonds is 5. The Balaban J connectivity index is 1.77. The molecule has 0 heterocycles. The highest BCUT2D eigenvalue weighted by atomic mass is 79.9. The second kappa shape index (κ2) is 9.89. The Morgan fingerprint density at radius 3 is 2.53 bits per heavy atom. The summed E-state index contributed by atoms with van der Waals surface area (Å²) in [4.78, 5) is 24.8. The second-order valence-electron chi connectivity index (χ2n) is 6.21. The molecule has 0 aromatic heterocycles. The molecule has 30 heavy (non-hydrogen) atoms. The SMILES string of the molecule is Cc1ccccc1C(=O)Oc1ccc(Br)cc1/C=N\NC(=O)c1ccc(Cl)cc1Cl. The maximum Gasteiger partial charge on any atom is 0.343 e. The van der Waals surface area contributed by atoms with E-state index in [-0.39, 0.29) is 10.6 Å². The molecule has 0 fully saturated rings. The number of carbonyl (C=O) groups excluding carboxylic acids is 2. The second-order valence-corrected chi connectivity index (χ2v) is 7.97. The van der Waals surface area contributed by atoms with E-state index < -0.39 is 11.9 Å². The monoisotopic (exact) mass is 504 g/mol. The van der Waals surface area contributed by atoms with Crippen LogP contribution in [0.5, 0.6) is 5.75 Å². The summed E-state index contributed by atoms with van der Waals surface area (Å²) < 4.78 is 6.30. The molecule has 8 heteroatoms. The van der Waals surface area contributed by atoms with Gasteiger partial charge in [-0.1, -0.05) is 57.3 Å². The van der Waals surface area contributed by atoms with Gasteiger partial charge in [0.1, 0.15) is 5.75 Å². The summed E-state index contributed by atoms with van der Waals surface area (Å²) in [7, 11) is 0. The van der Waals surface area contributed by atoms with Crippen LogP contribution < -0.4 is 10.2 Å². The van der Waals surface area contributed by atoms with Gasteiger partial charge in [0.25, 0.3) is 5.91 Å². The minimum absolute atomic E-state index is 0.213. The van der Waals surface area contributed by atoms with Gasteiger partial charge in [-0.15, -0.1) is 0 Å². The van der Waals surface area contributed by atoms with Crippen LogP contribution >= 0.6 is 39.1 Å². The number of hydrazone groups is 1. The van der Waals surface area contributed by atoms with Crippen LogP contribution in [0.2, 0.25) is 10.0 Å². The number of halogens is 3. The van der Waals surface area contributed by atoms with Crippen molar-refractivity contribution in [2.75, 3.05) is 0 Å². The van der Waals surface area contributed by atoms with Crippen LogP contribution in [0.4, 0.5) is 0 Å². The normalized spacial score (nSPS) is 10.8. The number of aryl methyl sites for hydroxylation is 1. The third-order valence-corrected chi connectivity index (χ3v) is 5.13. The van der Waals surface area contributed by atoms with E-state index >= 15 is 0 Å². The molecule has 5 nitrogen and oxygen atoms in total. The highest BCUT2D eigenvalue weighted by Gasteiger charge is 2.14. The summed E-state index contributed by atoms with van der Waals surface area (Å²) >= 11 is 15.2. The molecule has 0 saturated carbocycles. The quantitative estimate of drug-likeness (QED) is 0.199. The zero-order valence-electron chi connectivity index (χ0n) is 15.7. The first-order valence-corrected chi connectivity index (χ1v) is 10.3. The number of hydrogen-bond acceptors (Lipinski definition) is 4. The summed E-state index contributed by atoms with van der Waals surface area (Å²) in [5.74, 6) is -0.683. The lowest BCUT2D eigenvalue weighted by atomic mass is 10.1. The van der Waals surface area contributed by atoms with Crippen molar-refractivity contribution in [1.29, 1.82) is 0 Å². The van der Waals surface area contributed by atoms with Gasteiger partial charge in [-0.2, -0.15) is 5.10 Å². The van der Waals surface area contributed by atoms with Gasteiger partial charge in [0.15, 0.2) is 0 Å². The molecule has 0 aliphatic rings. The van der Waals surface area contributed by atoms with Crippen molar-refractivity contribution in [3.63, 3.8) is 0 Å². The molecule has 3 aromatic carbocycles. The van der Waals surface area contributed by atoms with Gasteiger partial charge in [-0.25, -0.2) is 10.2 Å². The smallest absolute Gasteiger partial charge is 0.343 e.